The summed E-state index contributed by atoms with van der Waals surface area (Å²) in [6.45, 7) is 7.43. The van der Waals surface area contributed by atoms with Crippen LogP contribution in [0.1, 0.15) is 53.8 Å². The molecule has 0 radical (unpaired) electrons. The van der Waals surface area contributed by atoms with Crippen molar-refractivity contribution in [2.24, 2.45) is 5.73 Å². The lowest BCUT2D eigenvalue weighted by Crippen LogP contribution is -2.27. The molecule has 0 aliphatic heterocycles. The molecule has 3 N–H and O–H groups in total. The van der Waals surface area contributed by atoms with Crippen LogP contribution in [0.3, 0.4) is 0 Å². The number of amides is 1. The third-order valence-corrected chi connectivity index (χ3v) is 4.42. The van der Waals surface area contributed by atoms with Crippen LogP contribution in [0.5, 0.6) is 5.75 Å². The summed E-state index contributed by atoms with van der Waals surface area (Å²) in [4.78, 5) is 26.5. The normalized spacial score (nSPS) is 11.1. The molecule has 0 bridgehead atoms. The van der Waals surface area contributed by atoms with E-state index >= 15 is 0 Å². The maximum Gasteiger partial charge on any atom is 0.341 e. The molecule has 6 heteroatoms. The van der Waals surface area contributed by atoms with Crippen LogP contribution < -0.4 is 5.73 Å². The molecule has 2 aromatic carbocycles. The van der Waals surface area contributed by atoms with Gasteiger partial charge in [0.15, 0.2) is 0 Å². The smallest absolute Gasteiger partial charge is 0.341 e. The van der Waals surface area contributed by atoms with Crippen molar-refractivity contribution in [3.8, 4) is 5.75 Å². The zero-order valence-electron chi connectivity index (χ0n) is 16.0. The molecule has 146 valence electrons. The number of fused-ring (bicyclic) bond motifs is 1. The van der Waals surface area contributed by atoms with Gasteiger partial charge in [0.2, 0.25) is 0 Å². The minimum Gasteiger partial charge on any atom is -0.506 e. The Morgan fingerprint density at radius 1 is 1.11 bits per heavy atom. The molecule has 0 fully saturated rings. The van der Waals surface area contributed by atoms with Gasteiger partial charge in [-0.25, -0.2) is 4.79 Å². The van der Waals surface area contributed by atoms with Gasteiger partial charge in [-0.05, 0) is 49.2 Å². The Hall–Kier alpha value is -2.60. The Bertz CT molecular complexity index is 798. The predicted octanol–water partition coefficient (Wildman–Crippen LogP) is 3.31. The molecule has 1 amide bonds. The molecular weight excluding hydrogens is 344 g/mol. The van der Waals surface area contributed by atoms with E-state index in [0.717, 1.165) is 32.5 Å². The predicted molar refractivity (Wildman–Crippen MR) is 106 cm³/mol. The SMILES string of the molecule is CCCN(CCC)CCCOC(=O)c1cc2ccccc2c(C(N)=O)c1O. The lowest BCUT2D eigenvalue weighted by molar-refractivity contribution is 0.0485. The molecule has 0 aliphatic carbocycles. The van der Waals surface area contributed by atoms with Gasteiger partial charge in [0.05, 0.1) is 12.2 Å². The van der Waals surface area contributed by atoms with E-state index in [1.54, 1.807) is 24.3 Å². The summed E-state index contributed by atoms with van der Waals surface area (Å²) in [6, 6.07) is 8.49. The largest absolute Gasteiger partial charge is 0.506 e. The van der Waals surface area contributed by atoms with Gasteiger partial charge in [0.1, 0.15) is 11.3 Å². The highest BCUT2D eigenvalue weighted by Crippen LogP contribution is 2.31. The minimum absolute atomic E-state index is 0.0403. The van der Waals surface area contributed by atoms with E-state index in [1.165, 1.54) is 6.07 Å². The Morgan fingerprint density at radius 2 is 1.78 bits per heavy atom. The first-order chi connectivity index (χ1) is 13.0. The first-order valence-corrected chi connectivity index (χ1v) is 9.43. The molecule has 0 atom stereocenters. The van der Waals surface area contributed by atoms with Gasteiger partial charge in [-0.2, -0.15) is 0 Å². The topological polar surface area (TPSA) is 92.9 Å². The molecule has 0 spiro atoms. The summed E-state index contributed by atoms with van der Waals surface area (Å²) < 4.78 is 5.32. The zero-order valence-corrected chi connectivity index (χ0v) is 16.0. The fraction of sp³-hybridized carbons (Fsp3) is 0.429. The number of esters is 1. The second-order valence-corrected chi connectivity index (χ2v) is 6.56. The molecule has 0 aromatic heterocycles. The summed E-state index contributed by atoms with van der Waals surface area (Å²) in [5.74, 6) is -1.86. The molecule has 2 rings (SSSR count). The third kappa shape index (κ3) is 5.20. The second-order valence-electron chi connectivity index (χ2n) is 6.56. The quantitative estimate of drug-likeness (QED) is 0.493. The van der Waals surface area contributed by atoms with Crippen molar-refractivity contribution in [2.45, 2.75) is 33.1 Å². The maximum absolute atomic E-state index is 12.4. The first-order valence-electron chi connectivity index (χ1n) is 9.43. The number of rotatable bonds is 10. The van der Waals surface area contributed by atoms with Gasteiger partial charge < -0.3 is 20.5 Å². The Balaban J connectivity index is 2.09. The summed E-state index contributed by atoms with van der Waals surface area (Å²) >= 11 is 0. The van der Waals surface area contributed by atoms with E-state index < -0.39 is 17.6 Å². The lowest BCUT2D eigenvalue weighted by Gasteiger charge is -2.20. The number of aromatic hydroxyl groups is 1. The maximum atomic E-state index is 12.4. The van der Waals surface area contributed by atoms with Crippen molar-refractivity contribution >= 4 is 22.6 Å². The Kier molecular flexibility index (Phi) is 7.61. The minimum atomic E-state index is -0.784. The van der Waals surface area contributed by atoms with Gasteiger partial charge in [0, 0.05) is 6.54 Å². The third-order valence-electron chi connectivity index (χ3n) is 4.42. The number of phenols is 1. The highest BCUT2D eigenvalue weighted by atomic mass is 16.5. The van der Waals surface area contributed by atoms with Crippen LogP contribution in [0.4, 0.5) is 0 Å². The summed E-state index contributed by atoms with van der Waals surface area (Å²) in [7, 11) is 0. The van der Waals surface area contributed by atoms with Crippen LogP contribution in [0.2, 0.25) is 0 Å². The summed E-state index contributed by atoms with van der Waals surface area (Å²) in [6.07, 6.45) is 2.88. The van der Waals surface area contributed by atoms with Crippen molar-refractivity contribution < 1.29 is 19.4 Å². The van der Waals surface area contributed by atoms with Gasteiger partial charge in [-0.1, -0.05) is 38.1 Å². The van der Waals surface area contributed by atoms with E-state index in [1.807, 2.05) is 0 Å². The van der Waals surface area contributed by atoms with Crippen molar-refractivity contribution in [2.75, 3.05) is 26.2 Å². The number of benzene rings is 2. The lowest BCUT2D eigenvalue weighted by atomic mass is 9.99. The van der Waals surface area contributed by atoms with Gasteiger partial charge >= 0.3 is 5.97 Å². The van der Waals surface area contributed by atoms with E-state index in [0.29, 0.717) is 17.2 Å². The molecule has 0 saturated carbocycles. The Labute approximate surface area is 159 Å². The fourth-order valence-corrected chi connectivity index (χ4v) is 3.24. The highest BCUT2D eigenvalue weighted by Gasteiger charge is 2.22. The molecule has 27 heavy (non-hydrogen) atoms. The van der Waals surface area contributed by atoms with Crippen LogP contribution in [-0.2, 0) is 4.74 Å². The number of carbonyl (C=O) groups excluding carboxylic acids is 2. The molecule has 2 aromatic rings. The zero-order chi connectivity index (χ0) is 19.8. The fourth-order valence-electron chi connectivity index (χ4n) is 3.24. The number of primary amides is 1. The van der Waals surface area contributed by atoms with E-state index in [-0.39, 0.29) is 17.7 Å². The van der Waals surface area contributed by atoms with Gasteiger partial charge in [-0.3, -0.25) is 4.79 Å². The number of nitrogens with two attached hydrogens (primary N) is 1. The van der Waals surface area contributed by atoms with Crippen molar-refractivity contribution in [3.05, 3.63) is 41.5 Å². The number of hydrogen-bond acceptors (Lipinski definition) is 5. The summed E-state index contributed by atoms with van der Waals surface area (Å²) in [5, 5.41) is 11.6. The average molecular weight is 372 g/mol. The van der Waals surface area contributed by atoms with Gasteiger partial charge in [0.25, 0.3) is 5.91 Å². The van der Waals surface area contributed by atoms with Crippen molar-refractivity contribution in [1.29, 1.82) is 0 Å². The van der Waals surface area contributed by atoms with Crippen LogP contribution >= 0.6 is 0 Å². The van der Waals surface area contributed by atoms with Gasteiger partial charge in [-0.15, -0.1) is 0 Å². The second kappa shape index (κ2) is 9.92. The molecular formula is C21H28N2O4. The van der Waals surface area contributed by atoms with Crippen LogP contribution in [0, 0.1) is 0 Å². The molecule has 6 nitrogen and oxygen atoms in total. The number of carbonyl (C=O) groups is 2. The van der Waals surface area contributed by atoms with E-state index in [4.69, 9.17) is 10.5 Å². The molecule has 0 unspecified atom stereocenters. The average Bonchev–Trinajstić information content (AvgIpc) is 2.64. The number of nitrogens with zero attached hydrogens (tertiary/aromatic N) is 1. The van der Waals surface area contributed by atoms with Crippen LogP contribution in [0.15, 0.2) is 30.3 Å². The van der Waals surface area contributed by atoms with Crippen molar-refractivity contribution in [1.82, 2.24) is 4.90 Å². The van der Waals surface area contributed by atoms with Crippen molar-refractivity contribution in [3.63, 3.8) is 0 Å². The molecule has 0 aliphatic rings. The molecule has 0 heterocycles. The molecule has 0 saturated heterocycles. The first kappa shape index (κ1) is 20.7. The number of hydrogen-bond donors (Lipinski definition) is 2. The van der Waals surface area contributed by atoms with E-state index in [2.05, 4.69) is 18.7 Å². The van der Waals surface area contributed by atoms with Crippen LogP contribution in [0.25, 0.3) is 10.8 Å². The van der Waals surface area contributed by atoms with Crippen LogP contribution in [-0.4, -0.2) is 48.1 Å². The summed E-state index contributed by atoms with van der Waals surface area (Å²) in [5.41, 5.74) is 5.31. The standard InChI is InChI=1S/C21H28N2O4/c1-3-10-23(11-4-2)12-7-13-27-21(26)17-14-15-8-5-6-9-16(15)18(19(17)24)20(22)25/h5-6,8-9,14,24H,3-4,7,10-13H2,1-2H3,(H2,22,25). The van der Waals surface area contributed by atoms with E-state index in [9.17, 15) is 14.7 Å². The highest BCUT2D eigenvalue weighted by molar-refractivity contribution is 6.12. The Morgan fingerprint density at radius 3 is 2.41 bits per heavy atom. The monoisotopic (exact) mass is 372 g/mol. The number of ether oxygens (including phenoxy) is 1.